The van der Waals surface area contributed by atoms with Gasteiger partial charge in [0.1, 0.15) is 0 Å². The Morgan fingerprint density at radius 2 is 1.59 bits per heavy atom. The molecule has 0 saturated carbocycles. The van der Waals surface area contributed by atoms with Crippen molar-refractivity contribution >= 4 is 14.1 Å². The van der Waals surface area contributed by atoms with Gasteiger partial charge in [-0.1, -0.05) is 0 Å². The third kappa shape index (κ3) is 5.47. The third-order valence-electron chi connectivity index (χ3n) is 4.37. The summed E-state index contributed by atoms with van der Waals surface area (Å²) in [6.07, 6.45) is 1.06. The lowest BCUT2D eigenvalue weighted by Crippen LogP contribution is -2.44. The quantitative estimate of drug-likeness (QED) is 0.301. The second-order valence-electron chi connectivity index (χ2n) is 6.27. The van der Waals surface area contributed by atoms with Crippen molar-refractivity contribution in [1.82, 2.24) is 9.62 Å². The van der Waals surface area contributed by atoms with Gasteiger partial charge in [-0.3, -0.25) is 0 Å². The van der Waals surface area contributed by atoms with Crippen molar-refractivity contribution in [2.24, 2.45) is 11.5 Å². The highest BCUT2D eigenvalue weighted by Gasteiger charge is 2.34. The summed E-state index contributed by atoms with van der Waals surface area (Å²) < 4.78 is 0. The number of rotatable bonds is 4. The van der Waals surface area contributed by atoms with Crippen LogP contribution in [-0.4, -0.2) is 94.5 Å². The first kappa shape index (κ1) is 19.9. The molecular weight excluding hydrogens is 286 g/mol. The van der Waals surface area contributed by atoms with Gasteiger partial charge in [-0.15, -0.1) is 0 Å². The standard InChI is InChI=1S/C6H16BN3O.C6H14BNO3/c1-7(11)10-4-5(9)2-6(10)3-8;1-7(11)8-3-6(10)2-5(8)4-9/h5-6,11H,2-4,8-9H2,1H3;5-6,9-11H,2-4H2,1H3/t5-,6-;5-,6+/m11/s1. The van der Waals surface area contributed by atoms with Crippen LogP contribution >= 0.6 is 0 Å². The minimum absolute atomic E-state index is 0.00194. The fraction of sp³-hybridized carbons (Fsp3) is 1.00. The van der Waals surface area contributed by atoms with Crippen molar-refractivity contribution in [3.8, 4) is 0 Å². The topological polar surface area (TPSA) is 139 Å². The molecule has 22 heavy (non-hydrogen) atoms. The SMILES string of the molecule is CB(O)N1C[C@@H](O)C[C@@H]1CO.CB(O)N1C[C@H](N)C[C@@H]1CN. The predicted octanol–water partition coefficient (Wildman–Crippen LogP) is -3.02. The van der Waals surface area contributed by atoms with Gasteiger partial charge in [-0.2, -0.15) is 0 Å². The molecule has 0 amide bonds. The van der Waals surface area contributed by atoms with E-state index in [4.69, 9.17) is 16.6 Å². The molecule has 8 nitrogen and oxygen atoms in total. The van der Waals surface area contributed by atoms with E-state index in [0.29, 0.717) is 19.5 Å². The molecule has 0 unspecified atom stereocenters. The van der Waals surface area contributed by atoms with Crippen LogP contribution in [0.3, 0.4) is 0 Å². The molecule has 0 aromatic heterocycles. The second kappa shape index (κ2) is 9.19. The van der Waals surface area contributed by atoms with E-state index >= 15 is 0 Å². The summed E-state index contributed by atoms with van der Waals surface area (Å²) in [5.41, 5.74) is 11.2. The van der Waals surface area contributed by atoms with Gasteiger partial charge in [-0.05, 0) is 26.5 Å². The van der Waals surface area contributed by atoms with Gasteiger partial charge in [0, 0.05) is 37.8 Å². The van der Waals surface area contributed by atoms with Crippen LogP contribution in [0.5, 0.6) is 0 Å². The van der Waals surface area contributed by atoms with Crippen LogP contribution in [0, 0.1) is 0 Å². The zero-order valence-electron chi connectivity index (χ0n) is 13.5. The fourth-order valence-corrected chi connectivity index (χ4v) is 3.22. The maximum Gasteiger partial charge on any atom is 0.376 e. The zero-order valence-corrected chi connectivity index (χ0v) is 13.5. The van der Waals surface area contributed by atoms with Crippen LogP contribution < -0.4 is 11.5 Å². The smallest absolute Gasteiger partial charge is 0.376 e. The number of nitrogens with zero attached hydrogens (tertiary/aromatic N) is 2. The van der Waals surface area contributed by atoms with Crippen LogP contribution in [0.2, 0.25) is 13.6 Å². The van der Waals surface area contributed by atoms with Gasteiger partial charge < -0.3 is 41.4 Å². The first-order valence-electron chi connectivity index (χ1n) is 7.92. The summed E-state index contributed by atoms with van der Waals surface area (Å²) >= 11 is 0. The Balaban J connectivity index is 0.000000220. The molecule has 10 heteroatoms. The summed E-state index contributed by atoms with van der Waals surface area (Å²) in [5, 5.41) is 36.5. The molecule has 0 aromatic rings. The first-order chi connectivity index (χ1) is 10.3. The second-order valence-corrected chi connectivity index (χ2v) is 6.27. The van der Waals surface area contributed by atoms with Crippen LogP contribution in [0.25, 0.3) is 0 Å². The molecule has 0 radical (unpaired) electrons. The molecule has 2 aliphatic heterocycles. The lowest BCUT2D eigenvalue weighted by molar-refractivity contribution is 0.184. The Bertz CT molecular complexity index is 298. The molecule has 128 valence electrons. The average molecular weight is 316 g/mol. The van der Waals surface area contributed by atoms with Crippen LogP contribution in [0.4, 0.5) is 0 Å². The number of hydrogen-bond acceptors (Lipinski definition) is 8. The third-order valence-corrected chi connectivity index (χ3v) is 4.37. The number of β-amino-alcohol motifs (C(OH)–C–C–N with tert-alkyl or cyclic N) is 1. The van der Waals surface area contributed by atoms with E-state index in [9.17, 15) is 15.2 Å². The van der Waals surface area contributed by atoms with Crippen molar-refractivity contribution in [1.29, 1.82) is 0 Å². The number of aliphatic hydroxyl groups is 2. The highest BCUT2D eigenvalue weighted by Crippen LogP contribution is 2.17. The fourth-order valence-electron chi connectivity index (χ4n) is 3.22. The number of aliphatic hydroxyl groups excluding tert-OH is 2. The molecule has 0 aromatic carbocycles. The molecular formula is C12H30B2N4O4. The molecule has 0 bridgehead atoms. The van der Waals surface area contributed by atoms with Gasteiger partial charge in [0.2, 0.25) is 0 Å². The first-order valence-corrected chi connectivity index (χ1v) is 7.92. The predicted molar refractivity (Wildman–Crippen MR) is 88.0 cm³/mol. The molecule has 0 aliphatic carbocycles. The summed E-state index contributed by atoms with van der Waals surface area (Å²) in [5.74, 6) is 0. The number of hydrogen-bond donors (Lipinski definition) is 6. The summed E-state index contributed by atoms with van der Waals surface area (Å²) in [4.78, 5) is 3.65. The molecule has 2 aliphatic rings. The monoisotopic (exact) mass is 316 g/mol. The Kier molecular flexibility index (Phi) is 8.29. The Morgan fingerprint density at radius 3 is 1.95 bits per heavy atom. The van der Waals surface area contributed by atoms with E-state index in [1.807, 2.05) is 4.81 Å². The highest BCUT2D eigenvalue weighted by molar-refractivity contribution is 6.45. The Morgan fingerprint density at radius 1 is 1.05 bits per heavy atom. The Hall–Kier alpha value is -0.190. The lowest BCUT2D eigenvalue weighted by atomic mass is 9.84. The van der Waals surface area contributed by atoms with Crippen LogP contribution in [0.15, 0.2) is 0 Å². The van der Waals surface area contributed by atoms with E-state index in [0.717, 1.165) is 13.0 Å². The molecule has 2 fully saturated rings. The van der Waals surface area contributed by atoms with Gasteiger partial charge >= 0.3 is 14.1 Å². The van der Waals surface area contributed by atoms with E-state index in [-0.39, 0.29) is 24.7 Å². The van der Waals surface area contributed by atoms with Crippen molar-refractivity contribution in [3.05, 3.63) is 0 Å². The van der Waals surface area contributed by atoms with Crippen molar-refractivity contribution in [2.45, 2.75) is 50.7 Å². The summed E-state index contributed by atoms with van der Waals surface area (Å²) in [6, 6.07) is 0.369. The lowest BCUT2D eigenvalue weighted by Gasteiger charge is -2.23. The van der Waals surface area contributed by atoms with Crippen LogP contribution in [-0.2, 0) is 0 Å². The van der Waals surface area contributed by atoms with E-state index in [2.05, 4.69) is 0 Å². The largest absolute Gasteiger partial charge is 0.437 e. The minimum atomic E-state index is -0.579. The van der Waals surface area contributed by atoms with E-state index in [1.54, 1.807) is 18.5 Å². The van der Waals surface area contributed by atoms with E-state index < -0.39 is 20.2 Å². The maximum absolute atomic E-state index is 9.29. The molecule has 2 rings (SSSR count). The summed E-state index contributed by atoms with van der Waals surface area (Å²) in [7, 11) is -0.999. The normalized spacial score (nSPS) is 32.7. The minimum Gasteiger partial charge on any atom is -0.437 e. The molecule has 2 saturated heterocycles. The average Bonchev–Trinajstić information content (AvgIpc) is 3.02. The molecule has 2 heterocycles. The van der Waals surface area contributed by atoms with Crippen molar-refractivity contribution in [3.63, 3.8) is 0 Å². The van der Waals surface area contributed by atoms with E-state index in [1.165, 1.54) is 0 Å². The summed E-state index contributed by atoms with van der Waals surface area (Å²) in [6.45, 7) is 5.20. The van der Waals surface area contributed by atoms with Gasteiger partial charge in [0.25, 0.3) is 0 Å². The van der Waals surface area contributed by atoms with Gasteiger partial charge in [0.05, 0.1) is 12.7 Å². The number of nitrogens with two attached hydrogens (primary N) is 2. The van der Waals surface area contributed by atoms with Crippen molar-refractivity contribution < 1.29 is 20.3 Å². The zero-order chi connectivity index (χ0) is 16.9. The van der Waals surface area contributed by atoms with Gasteiger partial charge in [0.15, 0.2) is 0 Å². The maximum atomic E-state index is 9.29. The molecule has 4 atom stereocenters. The highest BCUT2D eigenvalue weighted by atomic mass is 16.3. The molecule has 8 N–H and O–H groups in total. The molecule has 0 spiro atoms. The van der Waals surface area contributed by atoms with Crippen molar-refractivity contribution in [2.75, 3.05) is 26.2 Å². The Labute approximate surface area is 133 Å². The van der Waals surface area contributed by atoms with Gasteiger partial charge in [-0.25, -0.2) is 0 Å². The van der Waals surface area contributed by atoms with Crippen LogP contribution in [0.1, 0.15) is 12.8 Å².